The fraction of sp³-hybridized carbons (Fsp3) is 0.167. The number of nitrogen functional groups attached to an aromatic ring is 1. The molecule has 5 heteroatoms. The van der Waals surface area contributed by atoms with Crippen LogP contribution in [0.15, 0.2) is 6.33 Å². The van der Waals surface area contributed by atoms with Gasteiger partial charge in [0, 0.05) is 0 Å². The molecule has 0 atom stereocenters. The summed E-state index contributed by atoms with van der Waals surface area (Å²) in [6.07, 6.45) is 1.23. The Morgan fingerprint density at radius 1 is 1.64 bits per heavy atom. The molecule has 5 nitrogen and oxygen atoms in total. The maximum Gasteiger partial charge on any atom is 0.341 e. The molecule has 0 aliphatic carbocycles. The minimum atomic E-state index is -1.10. The van der Waals surface area contributed by atoms with Crippen molar-refractivity contribution >= 4 is 11.8 Å². The van der Waals surface area contributed by atoms with Gasteiger partial charge in [-0.1, -0.05) is 0 Å². The van der Waals surface area contributed by atoms with Crippen molar-refractivity contribution in [3.63, 3.8) is 0 Å². The highest BCUT2D eigenvalue weighted by Gasteiger charge is 2.12. The Kier molecular flexibility index (Phi) is 1.72. The van der Waals surface area contributed by atoms with Gasteiger partial charge in [-0.25, -0.2) is 14.8 Å². The van der Waals surface area contributed by atoms with Crippen LogP contribution in [0, 0.1) is 6.92 Å². The summed E-state index contributed by atoms with van der Waals surface area (Å²) in [7, 11) is 0. The van der Waals surface area contributed by atoms with Crippen LogP contribution in [0.4, 0.5) is 5.82 Å². The first-order valence-electron chi connectivity index (χ1n) is 2.93. The smallest absolute Gasteiger partial charge is 0.341 e. The number of nitrogens with two attached hydrogens (primary N) is 1. The van der Waals surface area contributed by atoms with Gasteiger partial charge in [-0.05, 0) is 6.92 Å². The van der Waals surface area contributed by atoms with Crippen molar-refractivity contribution in [1.82, 2.24) is 9.97 Å². The van der Waals surface area contributed by atoms with E-state index in [2.05, 4.69) is 9.97 Å². The SMILES string of the molecule is Cc1ncnc(N)c1C(=O)O. The molecule has 1 aromatic rings. The van der Waals surface area contributed by atoms with Gasteiger partial charge in [-0.15, -0.1) is 0 Å². The molecule has 0 saturated carbocycles. The van der Waals surface area contributed by atoms with Crippen molar-refractivity contribution in [2.75, 3.05) is 5.73 Å². The molecular weight excluding hydrogens is 146 g/mol. The molecule has 1 aromatic heterocycles. The van der Waals surface area contributed by atoms with E-state index in [9.17, 15) is 4.79 Å². The van der Waals surface area contributed by atoms with E-state index in [0.29, 0.717) is 5.69 Å². The highest BCUT2D eigenvalue weighted by atomic mass is 16.4. The number of hydrogen-bond acceptors (Lipinski definition) is 4. The van der Waals surface area contributed by atoms with Gasteiger partial charge >= 0.3 is 5.97 Å². The van der Waals surface area contributed by atoms with Gasteiger partial charge in [0.1, 0.15) is 17.7 Å². The summed E-state index contributed by atoms with van der Waals surface area (Å²) in [5, 5.41) is 8.59. The molecule has 0 spiro atoms. The van der Waals surface area contributed by atoms with E-state index < -0.39 is 5.97 Å². The summed E-state index contributed by atoms with van der Waals surface area (Å²) in [4.78, 5) is 17.7. The largest absolute Gasteiger partial charge is 0.477 e. The lowest BCUT2D eigenvalue weighted by atomic mass is 10.2. The van der Waals surface area contributed by atoms with Gasteiger partial charge in [0.05, 0.1) is 5.69 Å². The Morgan fingerprint density at radius 3 is 2.64 bits per heavy atom. The number of nitrogens with zero attached hydrogens (tertiary/aromatic N) is 2. The average molecular weight is 153 g/mol. The molecule has 3 N–H and O–H groups in total. The molecule has 11 heavy (non-hydrogen) atoms. The molecular formula is C6H7N3O2. The maximum absolute atomic E-state index is 10.5. The number of aromatic carboxylic acids is 1. The van der Waals surface area contributed by atoms with Crippen LogP contribution in [0.5, 0.6) is 0 Å². The second-order valence-corrected chi connectivity index (χ2v) is 2.02. The van der Waals surface area contributed by atoms with Crippen molar-refractivity contribution in [2.24, 2.45) is 0 Å². The van der Waals surface area contributed by atoms with E-state index in [0.717, 1.165) is 0 Å². The van der Waals surface area contributed by atoms with Crippen molar-refractivity contribution in [1.29, 1.82) is 0 Å². The number of carboxylic acid groups (broad SMARTS) is 1. The van der Waals surface area contributed by atoms with Crippen LogP contribution in [0.1, 0.15) is 16.1 Å². The number of hydrogen-bond donors (Lipinski definition) is 2. The molecule has 0 aliphatic rings. The van der Waals surface area contributed by atoms with Crippen molar-refractivity contribution in [3.8, 4) is 0 Å². The highest BCUT2D eigenvalue weighted by molar-refractivity contribution is 5.93. The standard InChI is InChI=1S/C6H7N3O2/c1-3-4(6(10)11)5(7)9-2-8-3/h2H,1H3,(H,10,11)(H2,7,8,9). The van der Waals surface area contributed by atoms with E-state index in [1.807, 2.05) is 0 Å². The highest BCUT2D eigenvalue weighted by Crippen LogP contribution is 2.09. The van der Waals surface area contributed by atoms with Gasteiger partial charge in [0.2, 0.25) is 0 Å². The maximum atomic E-state index is 10.5. The molecule has 1 heterocycles. The Morgan fingerprint density at radius 2 is 2.27 bits per heavy atom. The number of aromatic nitrogens is 2. The molecule has 1 rings (SSSR count). The minimum Gasteiger partial charge on any atom is -0.477 e. The monoisotopic (exact) mass is 153 g/mol. The fourth-order valence-electron chi connectivity index (χ4n) is 0.756. The number of anilines is 1. The zero-order chi connectivity index (χ0) is 8.43. The number of aryl methyl sites for hydroxylation is 1. The topological polar surface area (TPSA) is 89.1 Å². The van der Waals surface area contributed by atoms with Gasteiger partial charge < -0.3 is 10.8 Å². The normalized spacial score (nSPS) is 9.55. The van der Waals surface area contributed by atoms with E-state index >= 15 is 0 Å². The summed E-state index contributed by atoms with van der Waals surface area (Å²) in [5.41, 5.74) is 5.65. The van der Waals surface area contributed by atoms with Crippen LogP contribution in [0.25, 0.3) is 0 Å². The second-order valence-electron chi connectivity index (χ2n) is 2.02. The second kappa shape index (κ2) is 2.53. The Bertz CT molecular complexity index is 278. The van der Waals surface area contributed by atoms with Gasteiger partial charge in [-0.2, -0.15) is 0 Å². The number of carbonyl (C=O) groups is 1. The molecule has 0 radical (unpaired) electrons. The van der Waals surface area contributed by atoms with Crippen LogP contribution in [0.2, 0.25) is 0 Å². The third-order valence-corrected chi connectivity index (χ3v) is 1.28. The Labute approximate surface area is 62.9 Å². The summed E-state index contributed by atoms with van der Waals surface area (Å²) in [5.74, 6) is -1.09. The molecule has 0 amide bonds. The lowest BCUT2D eigenvalue weighted by Crippen LogP contribution is -2.08. The molecule has 0 aliphatic heterocycles. The third-order valence-electron chi connectivity index (χ3n) is 1.28. The molecule has 0 unspecified atom stereocenters. The summed E-state index contributed by atoms with van der Waals surface area (Å²) in [6.45, 7) is 1.57. The van der Waals surface area contributed by atoms with Crippen LogP contribution in [-0.4, -0.2) is 21.0 Å². The van der Waals surface area contributed by atoms with Crippen LogP contribution in [-0.2, 0) is 0 Å². The van der Waals surface area contributed by atoms with Crippen LogP contribution < -0.4 is 5.73 Å². The number of carboxylic acids is 1. The lowest BCUT2D eigenvalue weighted by molar-refractivity contribution is 0.0696. The van der Waals surface area contributed by atoms with E-state index in [1.165, 1.54) is 6.33 Å². The average Bonchev–Trinajstić information content (AvgIpc) is 1.85. The first-order chi connectivity index (χ1) is 5.13. The zero-order valence-electron chi connectivity index (χ0n) is 5.90. The Balaban J connectivity index is 3.32. The molecule has 0 aromatic carbocycles. The lowest BCUT2D eigenvalue weighted by Gasteiger charge is -2.00. The minimum absolute atomic E-state index is 0.00463. The van der Waals surface area contributed by atoms with E-state index in [1.54, 1.807) is 6.92 Å². The first-order valence-corrected chi connectivity index (χ1v) is 2.93. The summed E-state index contributed by atoms with van der Waals surface area (Å²) < 4.78 is 0. The summed E-state index contributed by atoms with van der Waals surface area (Å²) in [6, 6.07) is 0. The van der Waals surface area contributed by atoms with Gasteiger partial charge in [0.15, 0.2) is 0 Å². The predicted octanol–water partition coefficient (Wildman–Crippen LogP) is 0.0654. The van der Waals surface area contributed by atoms with Crippen LogP contribution >= 0.6 is 0 Å². The third kappa shape index (κ3) is 1.26. The quantitative estimate of drug-likeness (QED) is 0.595. The zero-order valence-corrected chi connectivity index (χ0v) is 5.90. The van der Waals surface area contributed by atoms with E-state index in [-0.39, 0.29) is 11.4 Å². The molecule has 0 saturated heterocycles. The van der Waals surface area contributed by atoms with Crippen LogP contribution in [0.3, 0.4) is 0 Å². The van der Waals surface area contributed by atoms with E-state index in [4.69, 9.17) is 10.8 Å². The Hall–Kier alpha value is -1.65. The van der Waals surface area contributed by atoms with Crippen molar-refractivity contribution < 1.29 is 9.90 Å². The fourth-order valence-corrected chi connectivity index (χ4v) is 0.756. The molecule has 0 bridgehead atoms. The van der Waals surface area contributed by atoms with Crippen molar-refractivity contribution in [2.45, 2.75) is 6.92 Å². The molecule has 0 fully saturated rings. The summed E-state index contributed by atoms with van der Waals surface area (Å²) >= 11 is 0. The predicted molar refractivity (Wildman–Crippen MR) is 38.1 cm³/mol. The first kappa shape index (κ1) is 7.46. The van der Waals surface area contributed by atoms with Crippen molar-refractivity contribution in [3.05, 3.63) is 17.6 Å². The number of rotatable bonds is 1. The van der Waals surface area contributed by atoms with Gasteiger partial charge in [0.25, 0.3) is 0 Å². The molecule has 58 valence electrons. The van der Waals surface area contributed by atoms with Gasteiger partial charge in [-0.3, -0.25) is 0 Å².